The molecule has 23 heavy (non-hydrogen) atoms. The van der Waals surface area contributed by atoms with Crippen LogP contribution < -0.4 is 15.4 Å². The number of rotatable bonds is 7. The first-order chi connectivity index (χ1) is 11.1. The molecule has 0 aliphatic carbocycles. The lowest BCUT2D eigenvalue weighted by Gasteiger charge is -2.19. The molecule has 4 N–H and O–H groups in total. The monoisotopic (exact) mass is 319 g/mol. The largest absolute Gasteiger partial charge is 0.496 e. The molecule has 2 unspecified atom stereocenters. The van der Waals surface area contributed by atoms with Gasteiger partial charge in [0.25, 0.3) is 0 Å². The Bertz CT molecular complexity index is 654. The van der Waals surface area contributed by atoms with Crippen molar-refractivity contribution in [3.8, 4) is 5.75 Å². The molecule has 2 aromatic rings. The summed E-state index contributed by atoms with van der Waals surface area (Å²) in [5.74, 6) is 0.854. The molecule has 0 fully saturated rings. The summed E-state index contributed by atoms with van der Waals surface area (Å²) in [6, 6.07) is 5.58. The molecular formula is C17H25N3O3. The van der Waals surface area contributed by atoms with Crippen LogP contribution in [0.15, 0.2) is 24.4 Å². The molecule has 2 amide bonds. The third kappa shape index (κ3) is 4.16. The van der Waals surface area contributed by atoms with Crippen molar-refractivity contribution in [1.82, 2.24) is 15.6 Å². The Kier molecular flexibility index (Phi) is 5.87. The van der Waals surface area contributed by atoms with E-state index in [0.29, 0.717) is 13.0 Å². The van der Waals surface area contributed by atoms with E-state index < -0.39 is 0 Å². The minimum absolute atomic E-state index is 0.0265. The normalized spacial score (nSPS) is 13.6. The Hall–Kier alpha value is -2.21. The first-order valence-corrected chi connectivity index (χ1v) is 7.85. The molecule has 0 saturated heterocycles. The van der Waals surface area contributed by atoms with Gasteiger partial charge in [-0.1, -0.05) is 13.0 Å². The molecule has 0 spiro atoms. The summed E-state index contributed by atoms with van der Waals surface area (Å²) in [7, 11) is 1.65. The van der Waals surface area contributed by atoms with Gasteiger partial charge in [-0.15, -0.1) is 0 Å². The zero-order valence-corrected chi connectivity index (χ0v) is 13.8. The van der Waals surface area contributed by atoms with Crippen LogP contribution in [0.2, 0.25) is 0 Å². The Morgan fingerprint density at radius 1 is 1.39 bits per heavy atom. The van der Waals surface area contributed by atoms with Crippen molar-refractivity contribution in [1.29, 1.82) is 0 Å². The van der Waals surface area contributed by atoms with E-state index in [2.05, 4.69) is 15.6 Å². The number of carbonyl (C=O) groups is 1. The van der Waals surface area contributed by atoms with E-state index in [4.69, 9.17) is 9.84 Å². The molecule has 2 atom stereocenters. The number of aliphatic hydroxyl groups is 1. The highest BCUT2D eigenvalue weighted by Crippen LogP contribution is 2.28. The van der Waals surface area contributed by atoms with Gasteiger partial charge in [-0.05, 0) is 37.0 Å². The standard InChI is InChI=1S/C17H25N3O3/c1-11(10-21)12(2)20-17(22)18-8-7-13-9-19-14-5-4-6-15(23-3)16(13)14/h4-6,9,11-12,19,21H,7-8,10H2,1-3H3,(H2,18,20,22). The summed E-state index contributed by atoms with van der Waals surface area (Å²) in [5, 5.41) is 15.8. The van der Waals surface area contributed by atoms with E-state index >= 15 is 0 Å². The minimum atomic E-state index is -0.218. The van der Waals surface area contributed by atoms with Gasteiger partial charge in [-0.25, -0.2) is 4.79 Å². The van der Waals surface area contributed by atoms with Crippen LogP contribution in [0.4, 0.5) is 4.79 Å². The van der Waals surface area contributed by atoms with Gasteiger partial charge in [0.1, 0.15) is 5.75 Å². The number of ether oxygens (including phenoxy) is 1. The van der Waals surface area contributed by atoms with Gasteiger partial charge in [0.15, 0.2) is 0 Å². The minimum Gasteiger partial charge on any atom is -0.496 e. The highest BCUT2D eigenvalue weighted by Gasteiger charge is 2.14. The fourth-order valence-corrected chi connectivity index (χ4v) is 2.46. The van der Waals surface area contributed by atoms with E-state index in [1.54, 1.807) is 7.11 Å². The van der Waals surface area contributed by atoms with Crippen molar-refractivity contribution in [3.63, 3.8) is 0 Å². The van der Waals surface area contributed by atoms with Crippen LogP contribution in [0.3, 0.4) is 0 Å². The molecule has 0 aliphatic rings. The second-order valence-electron chi connectivity index (χ2n) is 5.80. The smallest absolute Gasteiger partial charge is 0.315 e. The van der Waals surface area contributed by atoms with Gasteiger partial charge in [0, 0.05) is 36.3 Å². The number of nitrogens with one attached hydrogen (secondary N) is 3. The number of hydrogen-bond acceptors (Lipinski definition) is 3. The Morgan fingerprint density at radius 3 is 2.87 bits per heavy atom. The lowest BCUT2D eigenvalue weighted by molar-refractivity contribution is 0.200. The fourth-order valence-electron chi connectivity index (χ4n) is 2.46. The number of carbonyl (C=O) groups excluding carboxylic acids is 1. The summed E-state index contributed by atoms with van der Waals surface area (Å²) in [6.45, 7) is 4.35. The van der Waals surface area contributed by atoms with Crippen LogP contribution in [0.25, 0.3) is 10.9 Å². The topological polar surface area (TPSA) is 86.4 Å². The van der Waals surface area contributed by atoms with Gasteiger partial charge < -0.3 is 25.5 Å². The zero-order valence-electron chi connectivity index (χ0n) is 13.8. The molecule has 1 heterocycles. The molecule has 6 heteroatoms. The summed E-state index contributed by atoms with van der Waals surface area (Å²) in [6.07, 6.45) is 2.65. The van der Waals surface area contributed by atoms with Crippen LogP contribution in [-0.4, -0.2) is 42.4 Å². The Labute approximate surface area is 136 Å². The maximum absolute atomic E-state index is 11.9. The van der Waals surface area contributed by atoms with Crippen LogP contribution in [0.1, 0.15) is 19.4 Å². The highest BCUT2D eigenvalue weighted by molar-refractivity contribution is 5.89. The number of aliphatic hydroxyl groups excluding tert-OH is 1. The van der Waals surface area contributed by atoms with Crippen molar-refractivity contribution in [3.05, 3.63) is 30.0 Å². The van der Waals surface area contributed by atoms with E-state index in [0.717, 1.165) is 22.2 Å². The summed E-state index contributed by atoms with van der Waals surface area (Å²) >= 11 is 0. The average molecular weight is 319 g/mol. The fraction of sp³-hybridized carbons (Fsp3) is 0.471. The Balaban J connectivity index is 1.91. The maximum atomic E-state index is 11.9. The number of fused-ring (bicyclic) bond motifs is 1. The lowest BCUT2D eigenvalue weighted by atomic mass is 10.1. The van der Waals surface area contributed by atoms with Crippen molar-refractivity contribution in [2.45, 2.75) is 26.3 Å². The van der Waals surface area contributed by atoms with Gasteiger partial charge in [-0.3, -0.25) is 0 Å². The van der Waals surface area contributed by atoms with Crippen molar-refractivity contribution >= 4 is 16.9 Å². The number of hydrogen-bond donors (Lipinski definition) is 4. The molecule has 6 nitrogen and oxygen atoms in total. The van der Waals surface area contributed by atoms with E-state index in [1.807, 2.05) is 38.2 Å². The molecule has 0 bridgehead atoms. The van der Waals surface area contributed by atoms with Crippen LogP contribution in [-0.2, 0) is 6.42 Å². The SMILES string of the molecule is COc1cccc2[nH]cc(CCNC(=O)NC(C)C(C)CO)c12. The highest BCUT2D eigenvalue weighted by atomic mass is 16.5. The van der Waals surface area contributed by atoms with E-state index in [9.17, 15) is 4.79 Å². The van der Waals surface area contributed by atoms with Crippen molar-refractivity contribution in [2.24, 2.45) is 5.92 Å². The molecule has 2 rings (SSSR count). The number of aromatic nitrogens is 1. The second-order valence-corrected chi connectivity index (χ2v) is 5.80. The quantitative estimate of drug-likeness (QED) is 0.630. The number of urea groups is 1. The number of methoxy groups -OCH3 is 1. The first kappa shape index (κ1) is 17.1. The van der Waals surface area contributed by atoms with Gasteiger partial charge in [0.2, 0.25) is 0 Å². The zero-order chi connectivity index (χ0) is 16.8. The van der Waals surface area contributed by atoms with Crippen molar-refractivity contribution < 1.29 is 14.6 Å². The van der Waals surface area contributed by atoms with E-state index in [1.165, 1.54) is 0 Å². The molecular weight excluding hydrogens is 294 g/mol. The molecule has 1 aromatic carbocycles. The maximum Gasteiger partial charge on any atom is 0.315 e. The third-order valence-electron chi connectivity index (χ3n) is 4.15. The first-order valence-electron chi connectivity index (χ1n) is 7.85. The van der Waals surface area contributed by atoms with Crippen LogP contribution >= 0.6 is 0 Å². The van der Waals surface area contributed by atoms with Gasteiger partial charge in [0.05, 0.1) is 7.11 Å². The Morgan fingerprint density at radius 2 is 2.17 bits per heavy atom. The average Bonchev–Trinajstić information content (AvgIpc) is 2.97. The lowest BCUT2D eigenvalue weighted by Crippen LogP contribution is -2.44. The third-order valence-corrected chi connectivity index (χ3v) is 4.15. The molecule has 126 valence electrons. The van der Waals surface area contributed by atoms with Crippen LogP contribution in [0, 0.1) is 5.92 Å². The molecule has 0 radical (unpaired) electrons. The predicted molar refractivity (Wildman–Crippen MR) is 90.8 cm³/mol. The molecule has 1 aromatic heterocycles. The molecule has 0 saturated carbocycles. The van der Waals surface area contributed by atoms with Crippen molar-refractivity contribution in [2.75, 3.05) is 20.3 Å². The predicted octanol–water partition coefficient (Wildman–Crippen LogP) is 2.04. The second kappa shape index (κ2) is 7.87. The van der Waals surface area contributed by atoms with E-state index in [-0.39, 0.29) is 24.6 Å². The van der Waals surface area contributed by atoms with Crippen LogP contribution in [0.5, 0.6) is 5.75 Å². The number of H-pyrrole nitrogens is 1. The molecule has 0 aliphatic heterocycles. The summed E-state index contributed by atoms with van der Waals surface area (Å²) < 4.78 is 5.40. The van der Waals surface area contributed by atoms with Gasteiger partial charge in [-0.2, -0.15) is 0 Å². The summed E-state index contributed by atoms with van der Waals surface area (Å²) in [4.78, 5) is 15.1. The summed E-state index contributed by atoms with van der Waals surface area (Å²) in [5.41, 5.74) is 2.13. The number of amides is 2. The van der Waals surface area contributed by atoms with Gasteiger partial charge >= 0.3 is 6.03 Å². The number of benzene rings is 1. The number of aromatic amines is 1.